The molecule has 1 aliphatic heterocycles. The monoisotopic (exact) mass is 632 g/mol. The first-order valence-corrected chi connectivity index (χ1v) is 15.0. The highest BCUT2D eigenvalue weighted by Crippen LogP contribution is 2.33. The molecular formula is C35H32N6O6. The van der Waals surface area contributed by atoms with Gasteiger partial charge >= 0.3 is 0 Å². The van der Waals surface area contributed by atoms with E-state index in [4.69, 9.17) is 9.47 Å². The number of anilines is 2. The van der Waals surface area contributed by atoms with Crippen LogP contribution < -0.4 is 20.1 Å². The Kier molecular flexibility index (Phi) is 9.02. The Morgan fingerprint density at radius 1 is 0.894 bits per heavy atom. The van der Waals surface area contributed by atoms with Crippen LogP contribution in [0.15, 0.2) is 85.1 Å². The van der Waals surface area contributed by atoms with Crippen LogP contribution in [0.2, 0.25) is 0 Å². The van der Waals surface area contributed by atoms with Crippen molar-refractivity contribution in [2.24, 2.45) is 0 Å². The summed E-state index contributed by atoms with van der Waals surface area (Å²) < 4.78 is 10.9. The van der Waals surface area contributed by atoms with Crippen LogP contribution in [0, 0.1) is 10.1 Å². The molecule has 5 aromatic rings. The van der Waals surface area contributed by atoms with Crippen LogP contribution in [0.1, 0.15) is 37.5 Å². The first kappa shape index (κ1) is 31.1. The van der Waals surface area contributed by atoms with Gasteiger partial charge in [-0.2, -0.15) is 0 Å². The van der Waals surface area contributed by atoms with Crippen molar-refractivity contribution in [3.8, 4) is 11.5 Å². The van der Waals surface area contributed by atoms with Crippen LogP contribution in [0.4, 0.5) is 17.1 Å². The minimum atomic E-state index is -0.654. The second kappa shape index (κ2) is 13.6. The van der Waals surface area contributed by atoms with Crippen molar-refractivity contribution in [1.29, 1.82) is 0 Å². The number of nitrogens with zero attached hydrogens (tertiary/aromatic N) is 4. The molecule has 238 valence electrons. The Labute approximate surface area is 270 Å². The fourth-order valence-corrected chi connectivity index (χ4v) is 5.57. The van der Waals surface area contributed by atoms with E-state index in [2.05, 4.69) is 37.6 Å². The lowest BCUT2D eigenvalue weighted by atomic mass is 9.98. The normalized spacial score (nSPS) is 12.6. The minimum Gasteiger partial charge on any atom is -0.493 e. The molecule has 0 saturated carbocycles. The first-order chi connectivity index (χ1) is 22.8. The van der Waals surface area contributed by atoms with Crippen LogP contribution in [0.3, 0.4) is 0 Å². The van der Waals surface area contributed by atoms with Crippen molar-refractivity contribution >= 4 is 39.9 Å². The van der Waals surface area contributed by atoms with Crippen molar-refractivity contribution in [2.75, 3.05) is 37.9 Å². The maximum atomic E-state index is 13.3. The van der Waals surface area contributed by atoms with Gasteiger partial charge in [-0.3, -0.25) is 29.6 Å². The van der Waals surface area contributed by atoms with E-state index in [-0.39, 0.29) is 22.6 Å². The Hall–Kier alpha value is -5.88. The van der Waals surface area contributed by atoms with Gasteiger partial charge in [-0.1, -0.05) is 24.3 Å². The van der Waals surface area contributed by atoms with Crippen LogP contribution >= 0.6 is 0 Å². The number of carbonyl (C=O) groups excluding carboxylic acids is 2. The molecule has 0 spiro atoms. The van der Waals surface area contributed by atoms with Crippen molar-refractivity contribution in [3.05, 3.63) is 123 Å². The average molecular weight is 633 g/mol. The number of ether oxygens (including phenoxy) is 2. The molecule has 47 heavy (non-hydrogen) atoms. The lowest BCUT2D eigenvalue weighted by Gasteiger charge is -2.29. The zero-order valence-corrected chi connectivity index (χ0v) is 25.9. The molecular weight excluding hydrogens is 600 g/mol. The number of amides is 2. The topological polar surface area (TPSA) is 149 Å². The summed E-state index contributed by atoms with van der Waals surface area (Å²) in [5.41, 5.74) is 5.06. The Bertz CT molecular complexity index is 1980. The predicted octanol–water partition coefficient (Wildman–Crippen LogP) is 5.66. The van der Waals surface area contributed by atoms with E-state index in [0.29, 0.717) is 16.7 Å². The van der Waals surface area contributed by atoms with Gasteiger partial charge < -0.3 is 20.1 Å². The lowest BCUT2D eigenvalue weighted by molar-refractivity contribution is -0.384. The van der Waals surface area contributed by atoms with Crippen molar-refractivity contribution in [3.63, 3.8) is 0 Å². The van der Waals surface area contributed by atoms with Gasteiger partial charge in [0.1, 0.15) is 5.69 Å². The number of rotatable bonds is 10. The fourth-order valence-electron chi connectivity index (χ4n) is 5.57. The van der Waals surface area contributed by atoms with E-state index in [1.807, 2.05) is 30.3 Å². The average Bonchev–Trinajstić information content (AvgIpc) is 3.10. The highest BCUT2D eigenvalue weighted by atomic mass is 16.6. The Morgan fingerprint density at radius 2 is 1.62 bits per heavy atom. The quantitative estimate of drug-likeness (QED) is 0.147. The molecule has 0 bridgehead atoms. The van der Waals surface area contributed by atoms with E-state index in [1.54, 1.807) is 32.4 Å². The molecule has 0 fully saturated rings. The smallest absolute Gasteiger partial charge is 0.275 e. The third kappa shape index (κ3) is 7.02. The summed E-state index contributed by atoms with van der Waals surface area (Å²) in [6, 6.07) is 22.4. The number of non-ortho nitro benzene ring substituents is 1. The van der Waals surface area contributed by atoms with Crippen LogP contribution in [-0.2, 0) is 19.4 Å². The summed E-state index contributed by atoms with van der Waals surface area (Å²) >= 11 is 0. The molecule has 0 radical (unpaired) electrons. The summed E-state index contributed by atoms with van der Waals surface area (Å²) in [6.07, 6.45) is 3.07. The molecule has 0 unspecified atom stereocenters. The number of hydrogen-bond acceptors (Lipinski definition) is 9. The summed E-state index contributed by atoms with van der Waals surface area (Å²) in [6.45, 7) is 2.64. The molecule has 0 atom stereocenters. The molecule has 0 saturated heterocycles. The summed E-state index contributed by atoms with van der Waals surface area (Å²) in [5, 5.41) is 16.9. The number of benzene rings is 4. The Balaban J connectivity index is 1.10. The zero-order valence-electron chi connectivity index (χ0n) is 25.9. The van der Waals surface area contributed by atoms with Gasteiger partial charge in [0, 0.05) is 37.5 Å². The van der Waals surface area contributed by atoms with Gasteiger partial charge in [0.05, 0.1) is 47.6 Å². The van der Waals surface area contributed by atoms with E-state index in [1.165, 1.54) is 29.5 Å². The number of nitro groups is 1. The fraction of sp³-hybridized carbons (Fsp3) is 0.200. The molecule has 12 nitrogen and oxygen atoms in total. The van der Waals surface area contributed by atoms with E-state index >= 15 is 0 Å². The van der Waals surface area contributed by atoms with E-state index < -0.39 is 16.7 Å². The number of methoxy groups -OCH3 is 2. The minimum absolute atomic E-state index is 0.00544. The number of aromatic nitrogens is 2. The van der Waals surface area contributed by atoms with Gasteiger partial charge in [-0.25, -0.2) is 4.98 Å². The molecule has 1 aromatic heterocycles. The Morgan fingerprint density at radius 3 is 2.34 bits per heavy atom. The SMILES string of the molecule is COc1cc2c(cc1OC)CN(CCc1ccc(NC(=O)c3ccc([N+](=O)[O-])cc3NC(=O)c3cnc4ccccc4n3)cc1)CC2. The molecule has 2 N–H and O–H groups in total. The molecule has 2 amide bonds. The second-order valence-electron chi connectivity index (χ2n) is 11.1. The number of nitro benzene ring substituents is 1. The van der Waals surface area contributed by atoms with Crippen LogP contribution in [-0.4, -0.2) is 58.9 Å². The second-order valence-corrected chi connectivity index (χ2v) is 11.1. The number of fused-ring (bicyclic) bond motifs is 2. The maximum absolute atomic E-state index is 13.3. The molecule has 0 aliphatic carbocycles. The van der Waals surface area contributed by atoms with Gasteiger partial charge in [0.25, 0.3) is 17.5 Å². The van der Waals surface area contributed by atoms with Gasteiger partial charge in [0.15, 0.2) is 11.5 Å². The highest BCUT2D eigenvalue weighted by molar-refractivity contribution is 6.12. The van der Waals surface area contributed by atoms with Gasteiger partial charge in [0.2, 0.25) is 0 Å². The predicted molar refractivity (Wildman–Crippen MR) is 177 cm³/mol. The molecule has 6 rings (SSSR count). The lowest BCUT2D eigenvalue weighted by Crippen LogP contribution is -2.32. The standard InChI is InChI=1S/C35H32N6O6/c1-46-32-17-23-14-16-40(21-24(23)18-33(32)47-2)15-13-22-7-9-25(10-8-22)37-34(42)27-12-11-26(41(44)45)19-30(27)39-35(43)31-20-36-28-5-3-4-6-29(28)38-31/h3-12,17-20H,13-16,21H2,1-2H3,(H,37,42)(H,39,43). The van der Waals surface area contributed by atoms with Gasteiger partial charge in [-0.05, 0) is 72.0 Å². The third-order valence-electron chi connectivity index (χ3n) is 8.11. The van der Waals surface area contributed by atoms with E-state index in [9.17, 15) is 19.7 Å². The largest absolute Gasteiger partial charge is 0.493 e. The first-order valence-electron chi connectivity index (χ1n) is 15.0. The molecule has 1 aliphatic rings. The summed E-state index contributed by atoms with van der Waals surface area (Å²) in [5.74, 6) is 0.287. The maximum Gasteiger partial charge on any atom is 0.275 e. The summed E-state index contributed by atoms with van der Waals surface area (Å²) in [4.78, 5) is 48.3. The van der Waals surface area contributed by atoms with Crippen LogP contribution in [0.5, 0.6) is 11.5 Å². The molecule has 12 heteroatoms. The van der Waals surface area contributed by atoms with E-state index in [0.717, 1.165) is 55.6 Å². The zero-order chi connectivity index (χ0) is 32.9. The number of para-hydroxylation sites is 2. The third-order valence-corrected chi connectivity index (χ3v) is 8.11. The van der Waals surface area contributed by atoms with Crippen molar-refractivity contribution < 1.29 is 24.0 Å². The number of hydrogen-bond donors (Lipinski definition) is 2. The van der Waals surface area contributed by atoms with Gasteiger partial charge in [-0.15, -0.1) is 0 Å². The summed E-state index contributed by atoms with van der Waals surface area (Å²) in [7, 11) is 3.29. The van der Waals surface area contributed by atoms with Crippen LogP contribution in [0.25, 0.3) is 11.0 Å². The van der Waals surface area contributed by atoms with Crippen molar-refractivity contribution in [1.82, 2.24) is 14.9 Å². The number of carbonyl (C=O) groups is 2. The highest BCUT2D eigenvalue weighted by Gasteiger charge is 2.21. The number of nitrogens with one attached hydrogen (secondary N) is 2. The molecule has 2 heterocycles. The molecule has 4 aromatic carbocycles. The van der Waals surface area contributed by atoms with Crippen molar-refractivity contribution in [2.45, 2.75) is 19.4 Å².